The molecule has 0 radical (unpaired) electrons. The van der Waals surface area contributed by atoms with E-state index in [0.29, 0.717) is 17.2 Å². The van der Waals surface area contributed by atoms with Crippen molar-refractivity contribution in [2.75, 3.05) is 19.5 Å². The van der Waals surface area contributed by atoms with Gasteiger partial charge in [-0.1, -0.05) is 29.5 Å². The summed E-state index contributed by atoms with van der Waals surface area (Å²) in [5.74, 6) is 1.35. The molecule has 0 saturated heterocycles. The molecule has 0 atom stereocenters. The van der Waals surface area contributed by atoms with Crippen LogP contribution in [0.4, 0.5) is 10.8 Å². The summed E-state index contributed by atoms with van der Waals surface area (Å²) in [6.45, 7) is 0. The van der Waals surface area contributed by atoms with Crippen molar-refractivity contribution in [3.63, 3.8) is 0 Å². The van der Waals surface area contributed by atoms with Crippen molar-refractivity contribution in [2.45, 2.75) is 0 Å². The van der Waals surface area contributed by atoms with Gasteiger partial charge in [-0.05, 0) is 41.9 Å². The maximum absolute atomic E-state index is 6.03. The molecule has 0 bridgehead atoms. The van der Waals surface area contributed by atoms with Gasteiger partial charge in [0, 0.05) is 23.5 Å². The fourth-order valence-electron chi connectivity index (χ4n) is 2.79. The fraction of sp³-hybridized carbons (Fsp3) is 0.0952. The smallest absolute Gasteiger partial charge is 0.222 e. The third-order valence-corrected chi connectivity index (χ3v) is 5.31. The molecule has 0 fully saturated rings. The first-order valence-corrected chi connectivity index (χ1v) is 9.91. The molecule has 0 aliphatic carbocycles. The predicted molar refractivity (Wildman–Crippen MR) is 116 cm³/mol. The summed E-state index contributed by atoms with van der Waals surface area (Å²) in [5.41, 5.74) is 3.24. The summed E-state index contributed by atoms with van der Waals surface area (Å²) < 4.78 is 10.8. The minimum atomic E-state index is 0.183. The quantitative estimate of drug-likeness (QED) is 0.401. The number of benzene rings is 2. The Morgan fingerprint density at radius 1 is 0.931 bits per heavy atom. The summed E-state index contributed by atoms with van der Waals surface area (Å²) in [4.78, 5) is 14.0. The van der Waals surface area contributed by atoms with Gasteiger partial charge in [-0.3, -0.25) is 0 Å². The molecule has 0 aliphatic rings. The van der Waals surface area contributed by atoms with Crippen molar-refractivity contribution in [1.82, 2.24) is 15.0 Å². The molecule has 146 valence electrons. The van der Waals surface area contributed by atoms with E-state index in [1.165, 1.54) is 11.3 Å². The number of methoxy groups -OCH3 is 2. The van der Waals surface area contributed by atoms with Gasteiger partial charge in [0.2, 0.25) is 5.28 Å². The minimum Gasteiger partial charge on any atom is -0.497 e. The number of thiazole rings is 1. The predicted octanol–water partition coefficient (Wildman–Crippen LogP) is 5.68. The van der Waals surface area contributed by atoms with Gasteiger partial charge in [-0.2, -0.15) is 0 Å². The van der Waals surface area contributed by atoms with Gasteiger partial charge in [0.1, 0.15) is 11.5 Å². The van der Waals surface area contributed by atoms with Gasteiger partial charge in [0.05, 0.1) is 30.5 Å². The molecule has 0 saturated carbocycles. The molecular weight excluding hydrogens is 408 g/mol. The number of aromatic nitrogens is 3. The van der Waals surface area contributed by atoms with Crippen LogP contribution in [-0.2, 0) is 0 Å². The fourth-order valence-corrected chi connectivity index (χ4v) is 3.92. The summed E-state index contributed by atoms with van der Waals surface area (Å²) in [6.07, 6.45) is 1.63. The Morgan fingerprint density at radius 3 is 2.31 bits per heavy atom. The Labute approximate surface area is 177 Å². The lowest BCUT2D eigenvalue weighted by molar-refractivity contribution is 0.394. The van der Waals surface area contributed by atoms with E-state index in [9.17, 15) is 0 Å². The van der Waals surface area contributed by atoms with Crippen LogP contribution in [0.15, 0.2) is 60.8 Å². The van der Waals surface area contributed by atoms with E-state index in [2.05, 4.69) is 15.3 Å². The third kappa shape index (κ3) is 4.31. The summed E-state index contributed by atoms with van der Waals surface area (Å²) in [6, 6.07) is 17.3. The van der Waals surface area contributed by atoms with Gasteiger partial charge < -0.3 is 14.8 Å². The molecule has 2 heterocycles. The number of anilines is 2. The van der Waals surface area contributed by atoms with Crippen LogP contribution >= 0.6 is 22.9 Å². The number of hydrogen-bond donors (Lipinski definition) is 1. The van der Waals surface area contributed by atoms with Crippen molar-refractivity contribution in [3.05, 3.63) is 66.1 Å². The number of rotatable bonds is 6. The van der Waals surface area contributed by atoms with E-state index in [1.54, 1.807) is 20.4 Å². The maximum Gasteiger partial charge on any atom is 0.222 e. The molecule has 0 aliphatic heterocycles. The van der Waals surface area contributed by atoms with Crippen LogP contribution in [0.3, 0.4) is 0 Å². The van der Waals surface area contributed by atoms with E-state index < -0.39 is 0 Å². The van der Waals surface area contributed by atoms with Crippen LogP contribution in [0.25, 0.3) is 21.8 Å². The average molecular weight is 425 g/mol. The lowest BCUT2D eigenvalue weighted by Crippen LogP contribution is -1.92. The van der Waals surface area contributed by atoms with E-state index in [0.717, 1.165) is 27.0 Å². The molecule has 8 heteroatoms. The second-order valence-electron chi connectivity index (χ2n) is 6.00. The van der Waals surface area contributed by atoms with Crippen LogP contribution in [0.2, 0.25) is 5.28 Å². The molecule has 2 aromatic carbocycles. The topological polar surface area (TPSA) is 69.2 Å². The zero-order valence-corrected chi connectivity index (χ0v) is 17.3. The van der Waals surface area contributed by atoms with Gasteiger partial charge in [0.25, 0.3) is 0 Å². The largest absolute Gasteiger partial charge is 0.497 e. The first kappa shape index (κ1) is 19.2. The third-order valence-electron chi connectivity index (χ3n) is 4.14. The number of halogens is 1. The Morgan fingerprint density at radius 2 is 1.66 bits per heavy atom. The highest BCUT2D eigenvalue weighted by Gasteiger charge is 2.18. The number of nitrogens with one attached hydrogen (secondary N) is 1. The zero-order chi connectivity index (χ0) is 20.2. The van der Waals surface area contributed by atoms with Gasteiger partial charge >= 0.3 is 0 Å². The van der Waals surface area contributed by atoms with E-state index in [1.807, 2.05) is 54.6 Å². The second-order valence-corrected chi connectivity index (χ2v) is 7.34. The van der Waals surface area contributed by atoms with Crippen molar-refractivity contribution >= 4 is 33.8 Å². The van der Waals surface area contributed by atoms with Crippen LogP contribution < -0.4 is 14.8 Å². The van der Waals surface area contributed by atoms with Crippen molar-refractivity contribution in [1.29, 1.82) is 0 Å². The normalized spacial score (nSPS) is 10.6. The van der Waals surface area contributed by atoms with Gasteiger partial charge in [-0.25, -0.2) is 15.0 Å². The molecule has 4 aromatic rings. The number of nitrogens with zero attached hydrogens (tertiary/aromatic N) is 3. The molecule has 1 N–H and O–H groups in total. The Kier molecular flexibility index (Phi) is 5.59. The summed E-state index contributed by atoms with van der Waals surface area (Å²) in [7, 11) is 3.24. The number of ether oxygens (including phenoxy) is 2. The highest BCUT2D eigenvalue weighted by atomic mass is 35.5. The van der Waals surface area contributed by atoms with E-state index in [4.69, 9.17) is 26.1 Å². The molecule has 6 nitrogen and oxygen atoms in total. The number of para-hydroxylation sites is 1. The molecular formula is C21H17ClN4O2S. The number of hydrogen-bond acceptors (Lipinski definition) is 7. The van der Waals surface area contributed by atoms with Crippen LogP contribution in [0, 0.1) is 0 Å². The van der Waals surface area contributed by atoms with Crippen molar-refractivity contribution in [3.8, 4) is 33.3 Å². The van der Waals surface area contributed by atoms with E-state index >= 15 is 0 Å². The lowest BCUT2D eigenvalue weighted by Gasteiger charge is -2.08. The second kappa shape index (κ2) is 8.46. The Balaban J connectivity index is 1.85. The molecule has 0 unspecified atom stereocenters. The van der Waals surface area contributed by atoms with Crippen molar-refractivity contribution in [2.24, 2.45) is 0 Å². The SMILES string of the molecule is COc1cc(OC)cc(-c2nc(Nc3ccccc3)sc2-c2ccnc(Cl)n2)c1. The lowest BCUT2D eigenvalue weighted by atomic mass is 10.1. The minimum absolute atomic E-state index is 0.183. The van der Waals surface area contributed by atoms with Gasteiger partial charge in [0.15, 0.2) is 5.13 Å². The van der Waals surface area contributed by atoms with E-state index in [-0.39, 0.29) is 5.28 Å². The molecule has 0 amide bonds. The zero-order valence-electron chi connectivity index (χ0n) is 15.7. The summed E-state index contributed by atoms with van der Waals surface area (Å²) >= 11 is 7.52. The summed E-state index contributed by atoms with van der Waals surface area (Å²) in [5, 5.41) is 4.26. The molecule has 0 spiro atoms. The monoisotopic (exact) mass is 424 g/mol. The van der Waals surface area contributed by atoms with Crippen LogP contribution in [0.5, 0.6) is 11.5 Å². The molecule has 2 aromatic heterocycles. The van der Waals surface area contributed by atoms with Crippen molar-refractivity contribution < 1.29 is 9.47 Å². The van der Waals surface area contributed by atoms with Gasteiger partial charge in [-0.15, -0.1) is 0 Å². The van der Waals surface area contributed by atoms with Crippen LogP contribution in [-0.4, -0.2) is 29.2 Å². The highest BCUT2D eigenvalue weighted by Crippen LogP contribution is 2.41. The Hall–Kier alpha value is -3.16. The standard InChI is InChI=1S/C21H17ClN4O2S/c1-27-15-10-13(11-16(12-15)28-2)18-19(17-8-9-23-20(22)25-17)29-21(26-18)24-14-6-4-3-5-7-14/h3-12H,1-2H3,(H,24,26). The van der Waals surface area contributed by atoms with Crippen LogP contribution in [0.1, 0.15) is 0 Å². The molecule has 29 heavy (non-hydrogen) atoms. The maximum atomic E-state index is 6.03. The Bertz CT molecular complexity index is 1110. The first-order chi connectivity index (χ1) is 14.2. The first-order valence-electron chi connectivity index (χ1n) is 8.71. The highest BCUT2D eigenvalue weighted by molar-refractivity contribution is 7.19. The average Bonchev–Trinajstić information content (AvgIpc) is 3.18. The molecule has 4 rings (SSSR count).